The van der Waals surface area contributed by atoms with E-state index in [1.165, 1.54) is 29.3 Å². The van der Waals surface area contributed by atoms with Crippen LogP contribution in [0, 0.1) is 11.2 Å². The summed E-state index contributed by atoms with van der Waals surface area (Å²) in [5.41, 5.74) is 1.49. The van der Waals surface area contributed by atoms with E-state index in [1.807, 2.05) is 24.3 Å². The molecule has 3 heterocycles. The minimum absolute atomic E-state index is 0.0224. The number of rotatable bonds is 8. The molecule has 2 unspecified atom stereocenters. The van der Waals surface area contributed by atoms with Crippen molar-refractivity contribution in [3.8, 4) is 0 Å². The van der Waals surface area contributed by atoms with Crippen molar-refractivity contribution in [3.63, 3.8) is 0 Å². The number of piperazine rings is 1. The maximum absolute atomic E-state index is 14.4. The van der Waals surface area contributed by atoms with Crippen molar-refractivity contribution in [2.45, 2.75) is 45.8 Å². The van der Waals surface area contributed by atoms with Crippen LogP contribution in [-0.2, 0) is 4.74 Å². The van der Waals surface area contributed by atoms with E-state index in [0.29, 0.717) is 32.8 Å². The van der Waals surface area contributed by atoms with Crippen molar-refractivity contribution in [2.75, 3.05) is 52.7 Å². The van der Waals surface area contributed by atoms with Gasteiger partial charge in [-0.25, -0.2) is 18.6 Å². The molecule has 2 aliphatic heterocycles. The van der Waals surface area contributed by atoms with Gasteiger partial charge in [-0.2, -0.15) is 4.98 Å². The quantitative estimate of drug-likeness (QED) is 0.260. The van der Waals surface area contributed by atoms with Crippen LogP contribution in [0.1, 0.15) is 44.0 Å². The number of carbonyl (C=O) groups is 2. The zero-order valence-corrected chi connectivity index (χ0v) is 25.7. The maximum Gasteiger partial charge on any atom is 0.407 e. The highest BCUT2D eigenvalue weighted by Crippen LogP contribution is 2.31. The number of nitrogens with one attached hydrogen (secondary N) is 2. The van der Waals surface area contributed by atoms with Crippen LogP contribution in [-0.4, -0.2) is 76.9 Å². The maximum atomic E-state index is 14.4. The van der Waals surface area contributed by atoms with Gasteiger partial charge in [0, 0.05) is 62.1 Å². The van der Waals surface area contributed by atoms with Crippen molar-refractivity contribution in [3.05, 3.63) is 66.1 Å². The Labute approximate surface area is 261 Å². The summed E-state index contributed by atoms with van der Waals surface area (Å²) in [5.74, 6) is -0.825. The fourth-order valence-electron chi connectivity index (χ4n) is 5.45. The van der Waals surface area contributed by atoms with E-state index >= 15 is 0 Å². The van der Waals surface area contributed by atoms with Crippen molar-refractivity contribution >= 4 is 52.6 Å². The number of para-hydroxylation sites is 1. The zero-order chi connectivity index (χ0) is 31.4. The summed E-state index contributed by atoms with van der Waals surface area (Å²) < 4.78 is 20.8. The van der Waals surface area contributed by atoms with Crippen LogP contribution < -0.4 is 20.0 Å². The third-order valence-electron chi connectivity index (χ3n) is 7.90. The molecule has 2 atom stereocenters. The lowest BCUT2D eigenvalue weighted by Crippen LogP contribution is -2.59. The second-order valence-corrected chi connectivity index (χ2v) is 12.3. The molecule has 2 amide bonds. The molecule has 13 heteroatoms. The highest BCUT2D eigenvalue weighted by Gasteiger charge is 2.38. The SMILES string of the molecule is CC(C)(C)C1CN(c2ccc(Nc3ncc(C(=O)N(Cl)c4ccccc4F)c(NCC4CCCO4)n3)cc2)CCN1C(=O)O. The molecule has 3 aromatic rings. The largest absolute Gasteiger partial charge is 0.465 e. The van der Waals surface area contributed by atoms with Gasteiger partial charge in [0.25, 0.3) is 5.91 Å². The predicted octanol–water partition coefficient (Wildman–Crippen LogP) is 5.97. The van der Waals surface area contributed by atoms with Gasteiger partial charge < -0.3 is 30.3 Å². The van der Waals surface area contributed by atoms with E-state index < -0.39 is 17.8 Å². The molecule has 0 bridgehead atoms. The third kappa shape index (κ3) is 7.13. The van der Waals surface area contributed by atoms with Gasteiger partial charge in [0.1, 0.15) is 17.2 Å². The topological polar surface area (TPSA) is 123 Å². The van der Waals surface area contributed by atoms with Gasteiger partial charge in [0.2, 0.25) is 5.95 Å². The second kappa shape index (κ2) is 13.2. The fraction of sp³-hybridized carbons (Fsp3) is 0.419. The molecule has 0 spiro atoms. The number of carbonyl (C=O) groups excluding carboxylic acids is 1. The molecule has 44 heavy (non-hydrogen) atoms. The Bertz CT molecular complexity index is 1480. The highest BCUT2D eigenvalue weighted by molar-refractivity contribution is 6.39. The Morgan fingerprint density at radius 2 is 1.91 bits per heavy atom. The Morgan fingerprint density at radius 1 is 1.16 bits per heavy atom. The summed E-state index contributed by atoms with van der Waals surface area (Å²) in [4.78, 5) is 37.8. The summed E-state index contributed by atoms with van der Waals surface area (Å²) in [6, 6.07) is 13.3. The Kier molecular flexibility index (Phi) is 9.40. The van der Waals surface area contributed by atoms with Crippen molar-refractivity contribution in [1.29, 1.82) is 0 Å². The Hall–Kier alpha value is -4.16. The first-order chi connectivity index (χ1) is 21.0. The minimum Gasteiger partial charge on any atom is -0.465 e. The van der Waals surface area contributed by atoms with E-state index in [9.17, 15) is 19.1 Å². The van der Waals surface area contributed by atoms with E-state index in [2.05, 4.69) is 46.3 Å². The van der Waals surface area contributed by atoms with Crippen LogP contribution in [0.2, 0.25) is 0 Å². The molecule has 11 nitrogen and oxygen atoms in total. The highest BCUT2D eigenvalue weighted by atomic mass is 35.5. The smallest absolute Gasteiger partial charge is 0.407 e. The summed E-state index contributed by atoms with van der Waals surface area (Å²) in [6.07, 6.45) is 2.28. The summed E-state index contributed by atoms with van der Waals surface area (Å²) in [5, 5.41) is 16.1. The normalized spacial score (nSPS) is 18.7. The van der Waals surface area contributed by atoms with Crippen LogP contribution in [0.25, 0.3) is 0 Å². The number of nitrogens with zero attached hydrogens (tertiary/aromatic N) is 5. The van der Waals surface area contributed by atoms with Crippen LogP contribution in [0.3, 0.4) is 0 Å². The summed E-state index contributed by atoms with van der Waals surface area (Å²) in [7, 11) is 0. The molecule has 2 aromatic carbocycles. The third-order valence-corrected chi connectivity index (χ3v) is 8.23. The zero-order valence-electron chi connectivity index (χ0n) is 25.0. The van der Waals surface area contributed by atoms with Gasteiger partial charge in [-0.3, -0.25) is 4.79 Å². The molecule has 0 saturated carbocycles. The Morgan fingerprint density at radius 3 is 2.57 bits per heavy atom. The number of anilines is 5. The first-order valence-electron chi connectivity index (χ1n) is 14.6. The lowest BCUT2D eigenvalue weighted by Gasteiger charge is -2.46. The molecule has 3 N–H and O–H groups in total. The molecular weight excluding hydrogens is 589 g/mol. The van der Waals surface area contributed by atoms with Crippen LogP contribution >= 0.6 is 11.8 Å². The molecule has 5 rings (SSSR count). The van der Waals surface area contributed by atoms with E-state index in [-0.39, 0.29) is 40.6 Å². The number of hydrogen-bond acceptors (Lipinski definition) is 8. The summed E-state index contributed by atoms with van der Waals surface area (Å²) in [6.45, 7) is 8.87. The number of hydrogen-bond donors (Lipinski definition) is 3. The number of aromatic nitrogens is 2. The van der Waals surface area contributed by atoms with Gasteiger partial charge in [-0.05, 0) is 54.7 Å². The average Bonchev–Trinajstić information content (AvgIpc) is 3.53. The monoisotopic (exact) mass is 625 g/mol. The fourth-order valence-corrected chi connectivity index (χ4v) is 5.68. The second-order valence-electron chi connectivity index (χ2n) is 12.0. The number of ether oxygens (including phenoxy) is 1. The molecule has 0 radical (unpaired) electrons. The van der Waals surface area contributed by atoms with Gasteiger partial charge in [-0.1, -0.05) is 32.9 Å². The molecule has 234 valence electrons. The molecule has 2 fully saturated rings. The van der Waals surface area contributed by atoms with Crippen molar-refractivity contribution in [2.24, 2.45) is 5.41 Å². The van der Waals surface area contributed by atoms with Gasteiger partial charge in [-0.15, -0.1) is 0 Å². The molecule has 2 saturated heterocycles. The molecule has 2 aliphatic rings. The molecular formula is C31H37ClFN7O4. The predicted molar refractivity (Wildman–Crippen MR) is 168 cm³/mol. The van der Waals surface area contributed by atoms with Crippen LogP contribution in [0.4, 0.5) is 38.0 Å². The van der Waals surface area contributed by atoms with Gasteiger partial charge in [0.15, 0.2) is 0 Å². The van der Waals surface area contributed by atoms with Crippen molar-refractivity contribution < 1.29 is 23.8 Å². The number of amides is 2. The standard InChI is InChI=1S/C31H37ClFN7O4/c1-31(2,3)26-19-38(14-15-39(26)30(42)43)21-12-10-20(11-13-21)36-29-35-18-23(27(37-29)34-17-22-7-6-16-44-22)28(41)40(32)25-9-5-4-8-24(25)33/h4-5,8-13,18,22,26H,6-7,14-17,19H2,1-3H3,(H,42,43)(H2,34,35,36,37). The number of halogens is 2. The van der Waals surface area contributed by atoms with Crippen molar-refractivity contribution in [1.82, 2.24) is 14.9 Å². The van der Waals surface area contributed by atoms with Gasteiger partial charge >= 0.3 is 6.09 Å². The molecule has 1 aromatic heterocycles. The van der Waals surface area contributed by atoms with Crippen LogP contribution in [0.5, 0.6) is 0 Å². The first kappa shape index (κ1) is 31.3. The lowest BCUT2D eigenvalue weighted by atomic mass is 9.84. The van der Waals surface area contributed by atoms with Gasteiger partial charge in [0.05, 0.1) is 17.8 Å². The lowest BCUT2D eigenvalue weighted by molar-refractivity contribution is 0.0748. The molecule has 0 aliphatic carbocycles. The summed E-state index contributed by atoms with van der Waals surface area (Å²) >= 11 is 6.29. The number of benzene rings is 2. The van der Waals surface area contributed by atoms with Crippen LogP contribution in [0.15, 0.2) is 54.7 Å². The minimum atomic E-state index is -0.896. The number of carboxylic acid groups (broad SMARTS) is 1. The average molecular weight is 626 g/mol. The van der Waals surface area contributed by atoms with E-state index in [0.717, 1.165) is 28.6 Å². The van der Waals surface area contributed by atoms with E-state index in [1.54, 1.807) is 6.07 Å². The first-order valence-corrected chi connectivity index (χ1v) is 14.9. The van der Waals surface area contributed by atoms with E-state index in [4.69, 9.17) is 16.5 Å². The Balaban J connectivity index is 1.33.